The highest BCUT2D eigenvalue weighted by atomic mass is 32.1. The molecular weight excluding hydrogens is 865 g/mol. The van der Waals surface area contributed by atoms with Crippen LogP contribution in [0.25, 0.3) is 44.3 Å². The summed E-state index contributed by atoms with van der Waals surface area (Å²) in [5.41, 5.74) is 6.53. The molecule has 0 bridgehead atoms. The monoisotopic (exact) mass is 926 g/mol. The number of carbonyl (C=O) groups is 4. The summed E-state index contributed by atoms with van der Waals surface area (Å²) in [6, 6.07) is 18.7. The number of aromatic nitrogens is 4. The number of rotatable bonds is 8. The molecule has 4 N–H and O–H groups in total. The van der Waals surface area contributed by atoms with Gasteiger partial charge >= 0.3 is 12.2 Å². The van der Waals surface area contributed by atoms with E-state index in [9.17, 15) is 19.2 Å². The van der Waals surface area contributed by atoms with Crippen LogP contribution < -0.4 is 10.6 Å². The number of benzene rings is 3. The number of aromatic amines is 2. The van der Waals surface area contributed by atoms with Crippen LogP contribution in [0.15, 0.2) is 60.7 Å². The number of hydrogen-bond donors (Lipinski definition) is 4. The summed E-state index contributed by atoms with van der Waals surface area (Å²) in [6.45, 7) is 12.7. The average Bonchev–Trinajstić information content (AvgIpc) is 4.02. The lowest BCUT2D eigenvalue weighted by atomic mass is 9.85. The molecule has 3 aromatic carbocycles. The molecule has 0 saturated carbocycles. The van der Waals surface area contributed by atoms with Gasteiger partial charge in [-0.2, -0.15) is 54.0 Å². The molecule has 4 heterocycles. The molecule has 4 atom stereocenters. The maximum Gasteiger partial charge on any atom is 0.407 e. The highest BCUT2D eigenvalue weighted by Crippen LogP contribution is 2.37. The van der Waals surface area contributed by atoms with Crippen molar-refractivity contribution in [1.29, 1.82) is 0 Å². The lowest BCUT2D eigenvalue weighted by molar-refractivity contribution is -0.137. The summed E-state index contributed by atoms with van der Waals surface area (Å²) >= 11 is 0. The largest absolute Gasteiger partial charge is 0.453 e. The van der Waals surface area contributed by atoms with Gasteiger partial charge in [0.1, 0.15) is 23.7 Å². The zero-order chi connectivity index (χ0) is 41.5. The van der Waals surface area contributed by atoms with E-state index >= 15 is 0 Å². The van der Waals surface area contributed by atoms with E-state index in [2.05, 4.69) is 69.1 Å². The van der Waals surface area contributed by atoms with Crippen molar-refractivity contribution in [2.75, 3.05) is 27.3 Å². The predicted octanol–water partition coefficient (Wildman–Crippen LogP) is 8.09. The molecule has 0 aliphatic carbocycles. The van der Waals surface area contributed by atoms with Crippen molar-refractivity contribution in [3.63, 3.8) is 0 Å². The van der Waals surface area contributed by atoms with E-state index in [0.717, 1.165) is 81.7 Å². The van der Waals surface area contributed by atoms with Crippen LogP contribution in [0.5, 0.6) is 0 Å². The first kappa shape index (κ1) is 51.8. The Hall–Kier alpha value is -4.52. The topological polar surface area (TPSA) is 175 Å². The van der Waals surface area contributed by atoms with Crippen LogP contribution in [0.3, 0.4) is 0 Å². The van der Waals surface area contributed by atoms with E-state index in [4.69, 9.17) is 19.4 Å². The quantitative estimate of drug-likeness (QED) is 0.121. The number of fused-ring (bicyclic) bond motifs is 2. The number of H-pyrrole nitrogens is 2. The molecule has 2 aliphatic heterocycles. The minimum atomic E-state index is -0.746. The normalized spacial score (nSPS) is 17.2. The number of hydrogen-bond acceptors (Lipinski definition) is 8. The number of nitrogens with zero attached hydrogens (tertiary/aromatic N) is 4. The Balaban J connectivity index is 0.00000256. The average molecular weight is 927 g/mol. The van der Waals surface area contributed by atoms with Crippen LogP contribution in [0.4, 0.5) is 9.59 Å². The van der Waals surface area contributed by atoms with Gasteiger partial charge in [-0.05, 0) is 83.0 Å². The van der Waals surface area contributed by atoms with Gasteiger partial charge in [-0.1, -0.05) is 77.9 Å². The van der Waals surface area contributed by atoms with Crippen LogP contribution in [-0.4, -0.2) is 93.1 Å². The molecule has 2 fully saturated rings. The number of imidazole rings is 2. The van der Waals surface area contributed by atoms with Gasteiger partial charge in [-0.3, -0.25) is 9.59 Å². The Kier molecular flexibility index (Phi) is 17.4. The molecule has 4 amide bonds. The van der Waals surface area contributed by atoms with Crippen LogP contribution in [-0.2, 0) is 19.1 Å². The number of nitrogens with one attached hydrogen (secondary N) is 4. The molecule has 0 unspecified atom stereocenters. The van der Waals surface area contributed by atoms with Gasteiger partial charge < -0.3 is 39.9 Å². The van der Waals surface area contributed by atoms with Gasteiger partial charge in [-0.15, -0.1) is 0 Å². The van der Waals surface area contributed by atoms with E-state index in [1.54, 1.807) is 0 Å². The van der Waals surface area contributed by atoms with Gasteiger partial charge in [0, 0.05) is 13.1 Å². The van der Waals surface area contributed by atoms with Crippen molar-refractivity contribution in [1.82, 2.24) is 40.4 Å². The molecule has 0 spiro atoms. The Morgan fingerprint density at radius 3 is 1.26 bits per heavy atom. The summed E-state index contributed by atoms with van der Waals surface area (Å²) < 4.78 is 9.63. The fourth-order valence-electron chi connectivity index (χ4n) is 8.20. The molecule has 2 aromatic heterocycles. The van der Waals surface area contributed by atoms with Gasteiger partial charge in [0.05, 0.1) is 48.4 Å². The lowest BCUT2D eigenvalue weighted by Gasteiger charge is -2.34. The smallest absolute Gasteiger partial charge is 0.407 e. The number of methoxy groups -OCH3 is 2. The third kappa shape index (κ3) is 10.8. The molecule has 0 radical (unpaired) electrons. The van der Waals surface area contributed by atoms with E-state index in [0.29, 0.717) is 13.1 Å². The van der Waals surface area contributed by atoms with E-state index in [1.807, 2.05) is 63.5 Å². The van der Waals surface area contributed by atoms with E-state index < -0.39 is 35.1 Å². The Labute approximate surface area is 391 Å². The van der Waals surface area contributed by atoms with Crippen LogP contribution in [0.1, 0.15) is 91.0 Å². The second-order valence-corrected chi connectivity index (χ2v) is 17.5. The fourth-order valence-corrected chi connectivity index (χ4v) is 8.20. The van der Waals surface area contributed by atoms with E-state index in [1.165, 1.54) is 14.2 Å². The van der Waals surface area contributed by atoms with Crippen LogP contribution in [0.2, 0.25) is 0 Å². The van der Waals surface area contributed by atoms with Crippen molar-refractivity contribution in [2.24, 2.45) is 10.8 Å². The minimum Gasteiger partial charge on any atom is -0.453 e. The standard InChI is InChI=1S/C44H54N8O6.4H2S/c1-43(2,3)35(49-41(55)57-7)39(53)51-21-9-11-33(51)37-45-29-19-17-27(23-31(29)47-37)25-13-15-26(16-14-25)28-18-20-30-32(24-28)48-38(46-30)34-12-10-22-52(34)40(54)36(44(4,5)6)50-42(56)58-8;;;;/h13-20,23-24,33-36H,9-12,21-22H2,1-8H3,(H,45,47)(H,46,48)(H,49,55)(H,50,56);4*1H2/t33-,34-,35+,36+;;;;/m0..../s1. The molecule has 14 nitrogen and oxygen atoms in total. The third-order valence-electron chi connectivity index (χ3n) is 11.4. The second-order valence-electron chi connectivity index (χ2n) is 17.5. The highest BCUT2D eigenvalue weighted by Gasteiger charge is 2.42. The number of amides is 4. The first-order chi connectivity index (χ1) is 27.5. The summed E-state index contributed by atoms with van der Waals surface area (Å²) in [5, 5.41) is 5.49. The molecule has 18 heteroatoms. The third-order valence-corrected chi connectivity index (χ3v) is 11.4. The van der Waals surface area contributed by atoms with Crippen LogP contribution >= 0.6 is 54.0 Å². The molecule has 62 heavy (non-hydrogen) atoms. The lowest BCUT2D eigenvalue weighted by Crippen LogP contribution is -2.54. The van der Waals surface area contributed by atoms with Crippen molar-refractivity contribution >= 4 is 100 Å². The SMILES string of the molecule is COC(=O)N[C@H](C(=O)N1CCC[C@H]1c1nc2ccc(-c3ccc(-c4ccc5nc([C@@H]6CCCN6C(=O)[C@@H](NC(=O)OC)C(C)(C)C)[nH]c5c4)cc3)cc2[nH]1)C(C)(C)C.S.S.S.S. The fraction of sp³-hybridized carbons (Fsp3) is 0.455. The van der Waals surface area contributed by atoms with Crippen molar-refractivity contribution < 1.29 is 28.7 Å². The Bertz CT molecular complexity index is 2190. The second kappa shape index (κ2) is 20.8. The zero-order valence-electron chi connectivity index (χ0n) is 36.6. The van der Waals surface area contributed by atoms with Crippen molar-refractivity contribution in [2.45, 2.75) is 91.4 Å². The van der Waals surface area contributed by atoms with Crippen LogP contribution in [0, 0.1) is 10.8 Å². The summed E-state index contributed by atoms with van der Waals surface area (Å²) in [4.78, 5) is 72.4. The first-order valence-corrected chi connectivity index (χ1v) is 20.0. The van der Waals surface area contributed by atoms with Gasteiger partial charge in [0.2, 0.25) is 11.8 Å². The maximum atomic E-state index is 13.8. The minimum absolute atomic E-state index is 0. The first-order valence-electron chi connectivity index (χ1n) is 20.0. The number of ether oxygens (including phenoxy) is 2. The van der Waals surface area contributed by atoms with E-state index in [-0.39, 0.29) is 77.9 Å². The van der Waals surface area contributed by atoms with Crippen molar-refractivity contribution in [3.8, 4) is 22.3 Å². The Morgan fingerprint density at radius 1 is 0.597 bits per heavy atom. The van der Waals surface area contributed by atoms with Crippen molar-refractivity contribution in [3.05, 3.63) is 72.3 Å². The summed E-state index contributed by atoms with van der Waals surface area (Å²) in [5.74, 6) is 1.16. The highest BCUT2D eigenvalue weighted by molar-refractivity contribution is 7.59. The molecule has 338 valence electrons. The molecular formula is C44H62N8O6S4. The van der Waals surface area contributed by atoms with Gasteiger partial charge in [0.25, 0.3) is 0 Å². The molecule has 2 saturated heterocycles. The number of carbonyl (C=O) groups excluding carboxylic acids is 4. The molecule has 7 rings (SSSR count). The predicted molar refractivity (Wildman–Crippen MR) is 263 cm³/mol. The summed E-state index contributed by atoms with van der Waals surface area (Å²) in [7, 11) is 2.59. The van der Waals surface area contributed by atoms with Gasteiger partial charge in [-0.25, -0.2) is 19.6 Å². The number of likely N-dealkylation sites (tertiary alicyclic amines) is 2. The number of alkyl carbamates (subject to hydrolysis) is 2. The summed E-state index contributed by atoms with van der Waals surface area (Å²) in [6.07, 6.45) is 1.95. The maximum absolute atomic E-state index is 13.8. The Morgan fingerprint density at radius 2 is 0.935 bits per heavy atom. The molecule has 2 aliphatic rings. The van der Waals surface area contributed by atoms with Gasteiger partial charge in [0.15, 0.2) is 0 Å². The zero-order valence-corrected chi connectivity index (χ0v) is 40.6. The molecule has 5 aromatic rings.